The smallest absolute Gasteiger partial charge is 0.247 e. The average Bonchev–Trinajstić information content (AvgIpc) is 2.69. The summed E-state index contributed by atoms with van der Waals surface area (Å²) in [6.45, 7) is 0.546. The number of fused-ring (bicyclic) bond motifs is 1. The Balaban J connectivity index is 1.87. The van der Waals surface area contributed by atoms with Crippen molar-refractivity contribution in [2.75, 3.05) is 17.2 Å². The Morgan fingerprint density at radius 1 is 1.18 bits per heavy atom. The summed E-state index contributed by atoms with van der Waals surface area (Å²) in [6.07, 6.45) is 3.33. The summed E-state index contributed by atoms with van der Waals surface area (Å²) in [7, 11) is -3.78. The first-order valence-corrected chi connectivity index (χ1v) is 10.5. The molecule has 3 heterocycles. The molecule has 0 saturated carbocycles. The van der Waals surface area contributed by atoms with Crippen molar-refractivity contribution in [3.05, 3.63) is 71.4 Å². The molecular formula is C19H15ClFN3O3S. The van der Waals surface area contributed by atoms with Gasteiger partial charge in [0.1, 0.15) is 21.4 Å². The second kappa shape index (κ2) is 7.37. The van der Waals surface area contributed by atoms with Crippen LogP contribution in [0.1, 0.15) is 5.56 Å². The van der Waals surface area contributed by atoms with Gasteiger partial charge in [0.15, 0.2) is 9.84 Å². The lowest BCUT2D eigenvalue weighted by molar-refractivity contribution is 0.439. The van der Waals surface area contributed by atoms with Gasteiger partial charge in [-0.2, -0.15) is 9.37 Å². The van der Waals surface area contributed by atoms with Gasteiger partial charge in [-0.15, -0.1) is 0 Å². The van der Waals surface area contributed by atoms with Crippen LogP contribution in [0.25, 0.3) is 0 Å². The molecule has 144 valence electrons. The Bertz CT molecular complexity index is 1110. The van der Waals surface area contributed by atoms with Crippen molar-refractivity contribution < 1.29 is 17.5 Å². The first kappa shape index (κ1) is 18.6. The van der Waals surface area contributed by atoms with Gasteiger partial charge < -0.3 is 9.64 Å². The van der Waals surface area contributed by atoms with E-state index in [0.717, 1.165) is 5.56 Å². The lowest BCUT2D eigenvalue weighted by atomic mass is 10.2. The molecule has 0 atom stereocenters. The molecule has 9 heteroatoms. The third kappa shape index (κ3) is 3.53. The maximum Gasteiger partial charge on any atom is 0.247 e. The van der Waals surface area contributed by atoms with E-state index < -0.39 is 20.8 Å². The molecule has 28 heavy (non-hydrogen) atoms. The standard InChI is InChI=1S/C19H15ClFN3O3S/c20-15-17-16(19(23-18(15)21)27-14-6-2-1-3-7-14)24(9-10-28(17,25)26)12-13-5-4-8-22-11-13/h1-8,11H,9-10,12H2. The van der Waals surface area contributed by atoms with Crippen LogP contribution in [0.3, 0.4) is 0 Å². The molecule has 4 rings (SSSR count). The fourth-order valence-corrected chi connectivity index (χ4v) is 5.05. The molecule has 0 radical (unpaired) electrons. The minimum atomic E-state index is -3.78. The van der Waals surface area contributed by atoms with Gasteiger partial charge in [-0.25, -0.2) is 8.42 Å². The largest absolute Gasteiger partial charge is 0.437 e. The molecule has 0 spiro atoms. The van der Waals surface area contributed by atoms with Crippen molar-refractivity contribution in [3.63, 3.8) is 0 Å². The predicted octanol–water partition coefficient (Wildman–Crippen LogP) is 3.86. The molecule has 0 N–H and O–H groups in total. The summed E-state index contributed by atoms with van der Waals surface area (Å²) in [5, 5.41) is -0.522. The fraction of sp³-hybridized carbons (Fsp3) is 0.158. The Morgan fingerprint density at radius 3 is 2.68 bits per heavy atom. The predicted molar refractivity (Wildman–Crippen MR) is 103 cm³/mol. The number of para-hydroxylation sites is 1. The summed E-state index contributed by atoms with van der Waals surface area (Å²) in [5.41, 5.74) is 1.02. The molecule has 3 aromatic rings. The highest BCUT2D eigenvalue weighted by molar-refractivity contribution is 7.91. The maximum atomic E-state index is 14.4. The first-order valence-electron chi connectivity index (χ1n) is 8.44. The van der Waals surface area contributed by atoms with E-state index in [2.05, 4.69) is 9.97 Å². The van der Waals surface area contributed by atoms with Crippen LogP contribution in [-0.4, -0.2) is 30.7 Å². The Labute approximate surface area is 166 Å². The van der Waals surface area contributed by atoms with Crippen molar-refractivity contribution in [3.8, 4) is 11.6 Å². The molecule has 0 bridgehead atoms. The van der Waals surface area contributed by atoms with Gasteiger partial charge in [-0.1, -0.05) is 35.9 Å². The molecule has 1 aromatic carbocycles. The minimum Gasteiger partial charge on any atom is -0.437 e. The van der Waals surface area contributed by atoms with Crippen molar-refractivity contribution in [1.82, 2.24) is 9.97 Å². The van der Waals surface area contributed by atoms with E-state index in [4.69, 9.17) is 16.3 Å². The SMILES string of the molecule is O=S1(=O)CCN(Cc2cccnc2)c2c(Oc3ccccc3)nc(F)c(Cl)c21. The van der Waals surface area contributed by atoms with E-state index in [9.17, 15) is 12.8 Å². The van der Waals surface area contributed by atoms with Gasteiger partial charge in [0.05, 0.1) is 5.75 Å². The number of anilines is 1. The summed E-state index contributed by atoms with van der Waals surface area (Å²) in [6, 6.07) is 12.3. The fourth-order valence-electron chi connectivity index (χ4n) is 3.03. The zero-order valence-corrected chi connectivity index (χ0v) is 16.1. The molecule has 0 amide bonds. The second-order valence-corrected chi connectivity index (χ2v) is 8.64. The number of sulfone groups is 1. The molecule has 1 aliphatic rings. The normalized spacial score (nSPS) is 15.1. The second-order valence-electron chi connectivity index (χ2n) is 6.22. The van der Waals surface area contributed by atoms with Crippen LogP contribution in [0, 0.1) is 5.95 Å². The highest BCUT2D eigenvalue weighted by Crippen LogP contribution is 2.44. The average molecular weight is 420 g/mol. The van der Waals surface area contributed by atoms with Crippen LogP contribution in [0.5, 0.6) is 11.6 Å². The molecule has 0 unspecified atom stereocenters. The van der Waals surface area contributed by atoms with E-state index >= 15 is 0 Å². The van der Waals surface area contributed by atoms with Gasteiger partial charge in [-0.3, -0.25) is 4.98 Å². The van der Waals surface area contributed by atoms with Crippen LogP contribution in [0.4, 0.5) is 10.1 Å². The minimum absolute atomic E-state index is 0.143. The number of aromatic nitrogens is 2. The zero-order chi connectivity index (χ0) is 19.7. The van der Waals surface area contributed by atoms with Gasteiger partial charge in [0, 0.05) is 25.5 Å². The molecule has 6 nitrogen and oxygen atoms in total. The number of hydrogen-bond donors (Lipinski definition) is 0. The van der Waals surface area contributed by atoms with E-state index in [-0.39, 0.29) is 28.8 Å². The Kier molecular flexibility index (Phi) is 4.91. The van der Waals surface area contributed by atoms with Crippen LogP contribution >= 0.6 is 11.6 Å². The summed E-state index contributed by atoms with van der Waals surface area (Å²) >= 11 is 6.03. The van der Waals surface area contributed by atoms with Crippen LogP contribution < -0.4 is 9.64 Å². The van der Waals surface area contributed by atoms with Gasteiger partial charge in [0.2, 0.25) is 11.8 Å². The van der Waals surface area contributed by atoms with Crippen molar-refractivity contribution in [2.45, 2.75) is 11.4 Å². The lowest BCUT2D eigenvalue weighted by Crippen LogP contribution is -2.36. The quantitative estimate of drug-likeness (QED) is 0.598. The van der Waals surface area contributed by atoms with Crippen LogP contribution in [0.2, 0.25) is 5.02 Å². The van der Waals surface area contributed by atoms with Gasteiger partial charge in [0.25, 0.3) is 0 Å². The van der Waals surface area contributed by atoms with E-state index in [1.54, 1.807) is 53.7 Å². The zero-order valence-electron chi connectivity index (χ0n) is 14.5. The number of ether oxygens (including phenoxy) is 1. The van der Waals surface area contributed by atoms with Crippen LogP contribution in [-0.2, 0) is 16.4 Å². The van der Waals surface area contributed by atoms with Gasteiger partial charge >= 0.3 is 0 Å². The Hall–Kier alpha value is -2.71. The maximum absolute atomic E-state index is 14.4. The molecule has 0 saturated heterocycles. The third-order valence-electron chi connectivity index (χ3n) is 4.31. The summed E-state index contributed by atoms with van der Waals surface area (Å²) < 4.78 is 45.4. The number of hydrogen-bond acceptors (Lipinski definition) is 6. The van der Waals surface area contributed by atoms with Crippen molar-refractivity contribution in [1.29, 1.82) is 0 Å². The molecule has 1 aliphatic heterocycles. The van der Waals surface area contributed by atoms with Crippen molar-refractivity contribution >= 4 is 27.1 Å². The Morgan fingerprint density at radius 2 is 1.96 bits per heavy atom. The number of halogens is 2. The number of rotatable bonds is 4. The van der Waals surface area contributed by atoms with E-state index in [0.29, 0.717) is 12.3 Å². The van der Waals surface area contributed by atoms with Crippen LogP contribution in [0.15, 0.2) is 59.8 Å². The third-order valence-corrected chi connectivity index (χ3v) is 6.51. The molecule has 2 aromatic heterocycles. The number of pyridine rings is 2. The molecule has 0 fully saturated rings. The lowest BCUT2D eigenvalue weighted by Gasteiger charge is -2.32. The van der Waals surface area contributed by atoms with Crippen molar-refractivity contribution in [2.24, 2.45) is 0 Å². The van der Waals surface area contributed by atoms with E-state index in [1.165, 1.54) is 0 Å². The highest BCUT2D eigenvalue weighted by Gasteiger charge is 2.36. The first-order chi connectivity index (χ1) is 13.5. The monoisotopic (exact) mass is 419 g/mol. The highest BCUT2D eigenvalue weighted by atomic mass is 35.5. The summed E-state index contributed by atoms with van der Waals surface area (Å²) in [5.74, 6) is -1.01. The molecule has 0 aliphatic carbocycles. The molecular weight excluding hydrogens is 405 g/mol. The van der Waals surface area contributed by atoms with E-state index in [1.807, 2.05) is 6.07 Å². The number of nitrogens with zero attached hydrogens (tertiary/aromatic N) is 3. The number of benzene rings is 1. The summed E-state index contributed by atoms with van der Waals surface area (Å²) in [4.78, 5) is 9.35. The topological polar surface area (TPSA) is 72.4 Å². The van der Waals surface area contributed by atoms with Gasteiger partial charge in [-0.05, 0) is 23.8 Å².